The number of carbonyl (C=O) groups excluding carboxylic acids is 1. The van der Waals surface area contributed by atoms with E-state index in [1.54, 1.807) is 48.7 Å². The molecule has 4 rings (SSSR count). The smallest absolute Gasteiger partial charge is 0.264 e. The molecule has 2 N–H and O–H groups in total. The summed E-state index contributed by atoms with van der Waals surface area (Å²) >= 11 is 2.69. The predicted octanol–water partition coefficient (Wildman–Crippen LogP) is 5.13. The Morgan fingerprint density at radius 1 is 0.921 bits per heavy atom. The molecule has 1 aromatic heterocycles. The Morgan fingerprint density at radius 2 is 1.55 bits per heavy atom. The number of anilines is 3. The molecule has 0 atom stereocenters. The van der Waals surface area contributed by atoms with Crippen LogP contribution in [0.5, 0.6) is 0 Å². The van der Waals surface area contributed by atoms with Crippen LogP contribution in [-0.2, 0) is 20.0 Å². The van der Waals surface area contributed by atoms with E-state index in [1.807, 2.05) is 6.26 Å². The molecule has 0 saturated carbocycles. The SMILES string of the molecule is CCN(c1ccc(C(=O)Nc2ccc(S(=O)(=O)Nc3nccs3)cc2)cc1)S(=O)(=O)c1ccc(SC)cc1. The van der Waals surface area contributed by atoms with Crippen LogP contribution in [0, 0.1) is 0 Å². The first kappa shape index (κ1) is 27.6. The van der Waals surface area contributed by atoms with Gasteiger partial charge in [0.1, 0.15) is 0 Å². The molecule has 0 bridgehead atoms. The Hall–Kier alpha value is -3.39. The minimum absolute atomic E-state index is 0.0269. The maximum absolute atomic E-state index is 13.2. The van der Waals surface area contributed by atoms with Gasteiger partial charge in [0.2, 0.25) is 0 Å². The number of rotatable bonds is 10. The van der Waals surface area contributed by atoms with E-state index in [0.29, 0.717) is 16.9 Å². The Balaban J connectivity index is 1.45. The van der Waals surface area contributed by atoms with Gasteiger partial charge < -0.3 is 5.32 Å². The number of sulfonamides is 2. The van der Waals surface area contributed by atoms with E-state index in [9.17, 15) is 21.6 Å². The molecule has 0 unspecified atom stereocenters. The molecule has 1 heterocycles. The van der Waals surface area contributed by atoms with E-state index in [-0.39, 0.29) is 21.5 Å². The van der Waals surface area contributed by atoms with Crippen molar-refractivity contribution in [2.45, 2.75) is 21.6 Å². The lowest BCUT2D eigenvalue weighted by molar-refractivity contribution is 0.102. The number of amides is 1. The number of nitrogens with one attached hydrogen (secondary N) is 2. The molecule has 0 aliphatic heterocycles. The lowest BCUT2D eigenvalue weighted by Crippen LogP contribution is -2.30. The summed E-state index contributed by atoms with van der Waals surface area (Å²) in [6.45, 7) is 1.95. The zero-order chi connectivity index (χ0) is 27.3. The highest BCUT2D eigenvalue weighted by Gasteiger charge is 2.24. The lowest BCUT2D eigenvalue weighted by atomic mass is 10.2. The summed E-state index contributed by atoms with van der Waals surface area (Å²) in [4.78, 5) is 17.8. The van der Waals surface area contributed by atoms with Gasteiger partial charge >= 0.3 is 0 Å². The van der Waals surface area contributed by atoms with Crippen molar-refractivity contribution in [3.8, 4) is 0 Å². The molecule has 0 fully saturated rings. The van der Waals surface area contributed by atoms with Crippen molar-refractivity contribution in [1.82, 2.24) is 4.98 Å². The van der Waals surface area contributed by atoms with Crippen molar-refractivity contribution in [3.05, 3.63) is 89.9 Å². The van der Waals surface area contributed by atoms with Crippen molar-refractivity contribution in [2.24, 2.45) is 0 Å². The number of thiazole rings is 1. The third kappa shape index (κ3) is 6.18. The van der Waals surface area contributed by atoms with Gasteiger partial charge in [0.15, 0.2) is 5.13 Å². The number of carbonyl (C=O) groups is 1. The van der Waals surface area contributed by atoms with Crippen LogP contribution < -0.4 is 14.3 Å². The maximum Gasteiger partial charge on any atom is 0.264 e. The molecular formula is C25H24N4O5S4. The van der Waals surface area contributed by atoms with Crippen LogP contribution in [0.25, 0.3) is 0 Å². The van der Waals surface area contributed by atoms with Gasteiger partial charge in [-0.3, -0.25) is 13.8 Å². The van der Waals surface area contributed by atoms with Crippen molar-refractivity contribution in [1.29, 1.82) is 0 Å². The number of aromatic nitrogens is 1. The highest BCUT2D eigenvalue weighted by molar-refractivity contribution is 7.98. The molecular weight excluding hydrogens is 565 g/mol. The van der Waals surface area contributed by atoms with E-state index in [4.69, 9.17) is 0 Å². The molecule has 1 amide bonds. The van der Waals surface area contributed by atoms with Crippen LogP contribution in [-0.4, -0.2) is 40.5 Å². The van der Waals surface area contributed by atoms with Gasteiger partial charge in [0.05, 0.1) is 15.5 Å². The summed E-state index contributed by atoms with van der Waals surface area (Å²) in [6, 6.07) is 18.6. The van der Waals surface area contributed by atoms with Gasteiger partial charge in [-0.25, -0.2) is 21.8 Å². The Labute approximate surface area is 230 Å². The molecule has 0 spiro atoms. The van der Waals surface area contributed by atoms with E-state index in [1.165, 1.54) is 58.7 Å². The Bertz CT molecular complexity index is 1600. The highest BCUT2D eigenvalue weighted by atomic mass is 32.2. The average Bonchev–Trinajstić information content (AvgIpc) is 3.42. The van der Waals surface area contributed by atoms with Crippen molar-refractivity contribution in [2.75, 3.05) is 27.1 Å². The minimum Gasteiger partial charge on any atom is -0.322 e. The molecule has 9 nitrogen and oxygen atoms in total. The number of hydrogen-bond donors (Lipinski definition) is 2. The van der Waals surface area contributed by atoms with E-state index in [2.05, 4.69) is 15.0 Å². The minimum atomic E-state index is -3.80. The molecule has 13 heteroatoms. The van der Waals surface area contributed by atoms with Gasteiger partial charge in [-0.1, -0.05) is 0 Å². The summed E-state index contributed by atoms with van der Waals surface area (Å²) < 4.78 is 55.0. The highest BCUT2D eigenvalue weighted by Crippen LogP contribution is 2.26. The summed E-state index contributed by atoms with van der Waals surface area (Å²) in [6.07, 6.45) is 3.42. The molecule has 0 aliphatic carbocycles. The first-order chi connectivity index (χ1) is 18.1. The molecule has 0 saturated heterocycles. The van der Waals surface area contributed by atoms with Crippen molar-refractivity contribution in [3.63, 3.8) is 0 Å². The number of thioether (sulfide) groups is 1. The van der Waals surface area contributed by atoms with Crippen LogP contribution in [0.3, 0.4) is 0 Å². The largest absolute Gasteiger partial charge is 0.322 e. The lowest BCUT2D eigenvalue weighted by Gasteiger charge is -2.23. The fraction of sp³-hybridized carbons (Fsp3) is 0.120. The molecule has 3 aromatic carbocycles. The second kappa shape index (κ2) is 11.6. The predicted molar refractivity (Wildman–Crippen MR) is 152 cm³/mol. The third-order valence-electron chi connectivity index (χ3n) is 5.43. The summed E-state index contributed by atoms with van der Waals surface area (Å²) in [7, 11) is -7.58. The molecule has 0 radical (unpaired) electrons. The molecule has 0 aliphatic rings. The van der Waals surface area contributed by atoms with E-state index >= 15 is 0 Å². The Kier molecular flexibility index (Phi) is 8.41. The molecule has 4 aromatic rings. The topological polar surface area (TPSA) is 126 Å². The van der Waals surface area contributed by atoms with Crippen LogP contribution in [0.1, 0.15) is 17.3 Å². The quantitative estimate of drug-likeness (QED) is 0.246. The summed E-state index contributed by atoms with van der Waals surface area (Å²) in [5.41, 5.74) is 1.15. The van der Waals surface area contributed by atoms with Gasteiger partial charge in [-0.15, -0.1) is 23.1 Å². The van der Waals surface area contributed by atoms with Gasteiger partial charge in [-0.05, 0) is 86.0 Å². The van der Waals surface area contributed by atoms with E-state index in [0.717, 1.165) is 16.2 Å². The van der Waals surface area contributed by atoms with Crippen LogP contribution in [0.15, 0.2) is 99.1 Å². The standard InChI is InChI=1S/C25H24N4O5S4/c1-3-29(38(33,34)23-14-10-21(35-2)11-15-23)20-8-4-18(5-9-20)24(30)27-19-6-12-22(13-7-19)37(31,32)28-25-26-16-17-36-25/h4-17H,3H2,1-2H3,(H,26,28)(H,27,30). The molecule has 198 valence electrons. The second-order valence-electron chi connectivity index (χ2n) is 7.81. The number of benzene rings is 3. The Morgan fingerprint density at radius 3 is 2.11 bits per heavy atom. The number of hydrogen-bond acceptors (Lipinski definition) is 8. The first-order valence-electron chi connectivity index (χ1n) is 11.2. The van der Waals surface area contributed by atoms with Crippen molar-refractivity contribution < 1.29 is 21.6 Å². The fourth-order valence-electron chi connectivity index (χ4n) is 3.51. The van der Waals surface area contributed by atoms with Crippen LogP contribution in [0.2, 0.25) is 0 Å². The summed E-state index contributed by atoms with van der Waals surface area (Å²) in [5.74, 6) is -0.424. The van der Waals surface area contributed by atoms with Crippen LogP contribution >= 0.6 is 23.1 Å². The fourth-order valence-corrected chi connectivity index (χ4v) is 7.18. The zero-order valence-corrected chi connectivity index (χ0v) is 23.6. The second-order valence-corrected chi connectivity index (χ2v) is 13.1. The number of nitrogens with zero attached hydrogens (tertiary/aromatic N) is 2. The first-order valence-corrected chi connectivity index (χ1v) is 16.3. The zero-order valence-electron chi connectivity index (χ0n) is 20.4. The third-order valence-corrected chi connectivity index (χ3v) is 10.3. The van der Waals surface area contributed by atoms with Crippen LogP contribution in [0.4, 0.5) is 16.5 Å². The van der Waals surface area contributed by atoms with Gasteiger partial charge in [-0.2, -0.15) is 0 Å². The normalized spacial score (nSPS) is 11.6. The van der Waals surface area contributed by atoms with Gasteiger partial charge in [0, 0.05) is 34.3 Å². The maximum atomic E-state index is 13.2. The van der Waals surface area contributed by atoms with E-state index < -0.39 is 26.0 Å². The summed E-state index contributed by atoms with van der Waals surface area (Å²) in [5, 5.41) is 4.63. The monoisotopic (exact) mass is 588 g/mol. The van der Waals surface area contributed by atoms with Crippen molar-refractivity contribution >= 4 is 65.6 Å². The van der Waals surface area contributed by atoms with Gasteiger partial charge in [0.25, 0.3) is 26.0 Å². The molecule has 38 heavy (non-hydrogen) atoms. The average molecular weight is 589 g/mol.